The summed E-state index contributed by atoms with van der Waals surface area (Å²) in [7, 11) is 0. The van der Waals surface area contributed by atoms with Gasteiger partial charge in [0.25, 0.3) is 0 Å². The van der Waals surface area contributed by atoms with Gasteiger partial charge in [0, 0.05) is 6.42 Å². The number of phenols is 1. The van der Waals surface area contributed by atoms with Gasteiger partial charge in [0.2, 0.25) is 5.89 Å². The molecule has 2 aromatic carbocycles. The van der Waals surface area contributed by atoms with Crippen molar-refractivity contribution in [3.63, 3.8) is 0 Å². The molecule has 21 heavy (non-hydrogen) atoms. The molecule has 0 aliphatic heterocycles. The fraction of sp³-hybridized carbons (Fsp3) is 0.176. The summed E-state index contributed by atoms with van der Waals surface area (Å²) in [6.07, 6.45) is 2.25. The summed E-state index contributed by atoms with van der Waals surface area (Å²) in [5.41, 5.74) is 2.30. The zero-order valence-corrected chi connectivity index (χ0v) is 11.6. The first kappa shape index (κ1) is 13.4. The summed E-state index contributed by atoms with van der Waals surface area (Å²) < 4.78 is 5.26. The van der Waals surface area contributed by atoms with Crippen molar-refractivity contribution in [1.29, 1.82) is 0 Å². The van der Waals surface area contributed by atoms with Crippen LogP contribution in [0.15, 0.2) is 59.1 Å². The maximum Gasteiger partial charge on any atom is 0.231 e. The van der Waals surface area contributed by atoms with Gasteiger partial charge >= 0.3 is 0 Å². The molecule has 1 N–H and O–H groups in total. The Labute approximate surface area is 123 Å². The first-order chi connectivity index (χ1) is 10.3. The highest BCUT2D eigenvalue weighted by atomic mass is 16.5. The number of hydrogen-bond donors (Lipinski definition) is 1. The molecule has 0 unspecified atom stereocenters. The second kappa shape index (κ2) is 6.22. The van der Waals surface area contributed by atoms with Crippen molar-refractivity contribution < 1.29 is 9.63 Å². The monoisotopic (exact) mass is 280 g/mol. The molecule has 1 aromatic heterocycles. The van der Waals surface area contributed by atoms with Crippen molar-refractivity contribution in [2.75, 3.05) is 0 Å². The molecule has 0 amide bonds. The summed E-state index contributed by atoms with van der Waals surface area (Å²) in [6, 6.07) is 17.3. The highest BCUT2D eigenvalue weighted by Crippen LogP contribution is 2.13. The van der Waals surface area contributed by atoms with E-state index in [1.165, 1.54) is 5.56 Å². The third-order valence-electron chi connectivity index (χ3n) is 3.28. The molecule has 0 aliphatic carbocycles. The number of hydrogen-bond acceptors (Lipinski definition) is 4. The van der Waals surface area contributed by atoms with Crippen LogP contribution in [0.5, 0.6) is 5.75 Å². The van der Waals surface area contributed by atoms with Crippen LogP contribution in [0.25, 0.3) is 0 Å². The van der Waals surface area contributed by atoms with E-state index in [1.54, 1.807) is 12.1 Å². The Balaban J connectivity index is 1.59. The Morgan fingerprint density at radius 1 is 0.857 bits per heavy atom. The van der Waals surface area contributed by atoms with Gasteiger partial charge in [-0.3, -0.25) is 0 Å². The van der Waals surface area contributed by atoms with Gasteiger partial charge in [-0.25, -0.2) is 0 Å². The maximum atomic E-state index is 9.25. The molecular formula is C17H16N2O2. The normalized spacial score (nSPS) is 10.7. The van der Waals surface area contributed by atoms with Gasteiger partial charge in [0.05, 0.1) is 6.42 Å². The van der Waals surface area contributed by atoms with Crippen molar-refractivity contribution in [3.05, 3.63) is 77.4 Å². The zero-order valence-electron chi connectivity index (χ0n) is 11.6. The van der Waals surface area contributed by atoms with E-state index >= 15 is 0 Å². The van der Waals surface area contributed by atoms with Crippen molar-refractivity contribution in [3.8, 4) is 5.75 Å². The Morgan fingerprint density at radius 3 is 2.38 bits per heavy atom. The second-order valence-corrected chi connectivity index (χ2v) is 4.93. The van der Waals surface area contributed by atoms with Crippen molar-refractivity contribution in [2.45, 2.75) is 19.3 Å². The van der Waals surface area contributed by atoms with Crippen LogP contribution in [-0.2, 0) is 19.3 Å². The number of aryl methyl sites for hydroxylation is 2. The lowest BCUT2D eigenvalue weighted by molar-refractivity contribution is 0.379. The number of nitrogens with zero attached hydrogens (tertiary/aromatic N) is 2. The highest BCUT2D eigenvalue weighted by molar-refractivity contribution is 5.27. The van der Waals surface area contributed by atoms with Crippen LogP contribution >= 0.6 is 0 Å². The molecule has 0 radical (unpaired) electrons. The van der Waals surface area contributed by atoms with E-state index in [0.29, 0.717) is 12.3 Å². The molecule has 1 heterocycles. The number of aromatic nitrogens is 2. The molecule has 0 saturated heterocycles. The molecule has 0 fully saturated rings. The lowest BCUT2D eigenvalue weighted by Gasteiger charge is -1.97. The van der Waals surface area contributed by atoms with E-state index in [4.69, 9.17) is 4.52 Å². The topological polar surface area (TPSA) is 59.2 Å². The summed E-state index contributed by atoms with van der Waals surface area (Å²) >= 11 is 0. The first-order valence-electron chi connectivity index (χ1n) is 6.93. The van der Waals surface area contributed by atoms with Gasteiger partial charge in [0.15, 0.2) is 5.82 Å². The van der Waals surface area contributed by atoms with Gasteiger partial charge in [-0.1, -0.05) is 47.6 Å². The number of rotatable bonds is 5. The van der Waals surface area contributed by atoms with Crippen LogP contribution in [0, 0.1) is 0 Å². The molecule has 3 aromatic rings. The summed E-state index contributed by atoms with van der Waals surface area (Å²) in [5, 5.41) is 13.3. The lowest BCUT2D eigenvalue weighted by Crippen LogP contribution is -1.94. The van der Waals surface area contributed by atoms with E-state index < -0.39 is 0 Å². The van der Waals surface area contributed by atoms with Gasteiger partial charge in [-0.2, -0.15) is 4.98 Å². The minimum absolute atomic E-state index is 0.257. The predicted molar refractivity (Wildman–Crippen MR) is 79.1 cm³/mol. The summed E-state index contributed by atoms with van der Waals surface area (Å²) in [5.74, 6) is 1.59. The molecule has 4 heteroatoms. The van der Waals surface area contributed by atoms with E-state index in [1.807, 2.05) is 30.3 Å². The minimum Gasteiger partial charge on any atom is -0.508 e. The fourth-order valence-corrected chi connectivity index (χ4v) is 2.15. The Kier molecular flexibility index (Phi) is 3.96. The van der Waals surface area contributed by atoms with E-state index in [9.17, 15) is 5.11 Å². The van der Waals surface area contributed by atoms with Crippen molar-refractivity contribution in [2.24, 2.45) is 0 Å². The molecule has 0 aliphatic rings. The SMILES string of the molecule is Oc1ccc(Cc2nc(CCc3ccccc3)no2)cc1. The molecule has 4 nitrogen and oxygen atoms in total. The second-order valence-electron chi connectivity index (χ2n) is 4.93. The Bertz CT molecular complexity index is 690. The molecular weight excluding hydrogens is 264 g/mol. The van der Waals surface area contributed by atoms with E-state index in [2.05, 4.69) is 22.3 Å². The first-order valence-corrected chi connectivity index (χ1v) is 6.93. The molecule has 3 rings (SSSR count). The third-order valence-corrected chi connectivity index (χ3v) is 3.28. The van der Waals surface area contributed by atoms with Gasteiger partial charge in [0.1, 0.15) is 5.75 Å². The van der Waals surface area contributed by atoms with Crippen molar-refractivity contribution in [1.82, 2.24) is 10.1 Å². The van der Waals surface area contributed by atoms with Crippen LogP contribution in [0.4, 0.5) is 0 Å². The smallest absolute Gasteiger partial charge is 0.231 e. The van der Waals surface area contributed by atoms with Gasteiger partial charge in [-0.05, 0) is 29.7 Å². The average molecular weight is 280 g/mol. The van der Waals surface area contributed by atoms with Crippen LogP contribution < -0.4 is 0 Å². The Morgan fingerprint density at radius 2 is 1.62 bits per heavy atom. The number of phenolic OH excluding ortho intramolecular Hbond substituents is 1. The average Bonchev–Trinajstić information content (AvgIpc) is 2.96. The fourth-order valence-electron chi connectivity index (χ4n) is 2.15. The van der Waals surface area contributed by atoms with Crippen LogP contribution in [0.3, 0.4) is 0 Å². The van der Waals surface area contributed by atoms with Crippen LogP contribution in [0.1, 0.15) is 22.8 Å². The van der Waals surface area contributed by atoms with Gasteiger partial charge < -0.3 is 9.63 Å². The van der Waals surface area contributed by atoms with E-state index in [-0.39, 0.29) is 5.75 Å². The predicted octanol–water partition coefficient (Wildman–Crippen LogP) is 3.15. The van der Waals surface area contributed by atoms with Gasteiger partial charge in [-0.15, -0.1) is 0 Å². The molecule has 0 atom stereocenters. The molecule has 106 valence electrons. The number of benzene rings is 2. The highest BCUT2D eigenvalue weighted by Gasteiger charge is 2.07. The van der Waals surface area contributed by atoms with E-state index in [0.717, 1.165) is 24.2 Å². The number of aromatic hydroxyl groups is 1. The maximum absolute atomic E-state index is 9.25. The standard InChI is InChI=1S/C17H16N2O2/c20-15-9-6-14(7-10-15)12-17-18-16(19-21-17)11-8-13-4-2-1-3-5-13/h1-7,9-10,20H,8,11-12H2. The lowest BCUT2D eigenvalue weighted by atomic mass is 10.1. The quantitative estimate of drug-likeness (QED) is 0.780. The van der Waals surface area contributed by atoms with Crippen molar-refractivity contribution >= 4 is 0 Å². The molecule has 0 saturated carbocycles. The largest absolute Gasteiger partial charge is 0.508 e. The summed E-state index contributed by atoms with van der Waals surface area (Å²) in [6.45, 7) is 0. The zero-order chi connectivity index (χ0) is 14.5. The van der Waals surface area contributed by atoms with Crippen LogP contribution in [0.2, 0.25) is 0 Å². The Hall–Kier alpha value is -2.62. The molecule has 0 spiro atoms. The third kappa shape index (κ3) is 3.69. The van der Waals surface area contributed by atoms with Crippen LogP contribution in [-0.4, -0.2) is 15.2 Å². The molecule has 0 bridgehead atoms. The minimum atomic E-state index is 0.257. The summed E-state index contributed by atoms with van der Waals surface area (Å²) in [4.78, 5) is 4.40.